The third-order valence-corrected chi connectivity index (χ3v) is 11.4. The zero-order valence-electron chi connectivity index (χ0n) is 21.6. The maximum absolute atomic E-state index is 6.38. The van der Waals surface area contributed by atoms with Gasteiger partial charge in [-0.1, -0.05) is 52.3 Å². The molecule has 184 valence electrons. The molecule has 0 aliphatic heterocycles. The van der Waals surface area contributed by atoms with Gasteiger partial charge in [-0.15, -0.1) is 0 Å². The Labute approximate surface area is 208 Å². The molecule has 1 atom stereocenters. The summed E-state index contributed by atoms with van der Waals surface area (Å²) in [5, 5.41) is 5.80. The highest BCUT2D eigenvalue weighted by Gasteiger charge is 2.37. The quantitative estimate of drug-likeness (QED) is 0.297. The predicted octanol–water partition coefficient (Wildman–Crippen LogP) is 6.20. The Morgan fingerprint density at radius 1 is 1.09 bits per heavy atom. The van der Waals surface area contributed by atoms with E-state index in [1.165, 1.54) is 0 Å². The Kier molecular flexibility index (Phi) is 7.16. The molecule has 0 bridgehead atoms. The smallest absolute Gasteiger partial charge is 0.192 e. The maximum Gasteiger partial charge on any atom is 0.192 e. The summed E-state index contributed by atoms with van der Waals surface area (Å²) in [5.41, 5.74) is 9.92. The Morgan fingerprint density at radius 3 is 2.63 bits per heavy atom. The van der Waals surface area contributed by atoms with Crippen molar-refractivity contribution in [2.24, 2.45) is 5.73 Å². The SMILES string of the molecule is CCC[C@H](N)c1ccnc(-c2ccc3cnn(-c4cccc(CO[Si](C)(C)C(C)(C)C)n4)c3c2)n1. The first-order valence-corrected chi connectivity index (χ1v) is 15.2. The molecule has 3 heterocycles. The summed E-state index contributed by atoms with van der Waals surface area (Å²) in [6.07, 6.45) is 5.54. The molecule has 0 amide bonds. The number of nitrogens with two attached hydrogens (primary N) is 1. The van der Waals surface area contributed by atoms with Crippen molar-refractivity contribution in [2.75, 3.05) is 0 Å². The summed E-state index contributed by atoms with van der Waals surface area (Å²) in [7, 11) is -1.86. The number of hydrogen-bond acceptors (Lipinski definition) is 6. The molecule has 0 saturated carbocycles. The molecule has 7 nitrogen and oxygen atoms in total. The molecule has 3 aromatic heterocycles. The minimum Gasteiger partial charge on any atom is -0.411 e. The maximum atomic E-state index is 6.38. The zero-order chi connectivity index (χ0) is 25.2. The summed E-state index contributed by atoms with van der Waals surface area (Å²) in [4.78, 5) is 14.1. The molecule has 8 heteroatoms. The molecule has 0 aliphatic rings. The molecule has 0 unspecified atom stereocenters. The fourth-order valence-corrected chi connectivity index (χ4v) is 4.60. The molecular formula is C27H36N6OSi. The van der Waals surface area contributed by atoms with E-state index in [0.29, 0.717) is 12.4 Å². The Morgan fingerprint density at radius 2 is 1.89 bits per heavy atom. The average Bonchev–Trinajstić information content (AvgIpc) is 3.26. The van der Waals surface area contributed by atoms with Crippen LogP contribution in [-0.2, 0) is 11.0 Å². The molecule has 35 heavy (non-hydrogen) atoms. The first kappa shape index (κ1) is 25.2. The molecule has 0 spiro atoms. The number of pyridine rings is 1. The van der Waals surface area contributed by atoms with Crippen molar-refractivity contribution in [3.8, 4) is 17.2 Å². The van der Waals surface area contributed by atoms with E-state index in [9.17, 15) is 0 Å². The molecule has 0 saturated heterocycles. The van der Waals surface area contributed by atoms with Gasteiger partial charge >= 0.3 is 0 Å². The lowest BCUT2D eigenvalue weighted by Crippen LogP contribution is -2.40. The topological polar surface area (TPSA) is 91.7 Å². The summed E-state index contributed by atoms with van der Waals surface area (Å²) < 4.78 is 8.25. The van der Waals surface area contributed by atoms with Gasteiger partial charge in [0.25, 0.3) is 0 Å². The summed E-state index contributed by atoms with van der Waals surface area (Å²) in [5.74, 6) is 1.42. The fourth-order valence-electron chi connectivity index (χ4n) is 3.65. The first-order chi connectivity index (χ1) is 16.6. The molecule has 2 N–H and O–H groups in total. The number of fused-ring (bicyclic) bond motifs is 1. The lowest BCUT2D eigenvalue weighted by atomic mass is 10.1. The Hall–Kier alpha value is -2.94. The molecular weight excluding hydrogens is 452 g/mol. The van der Waals surface area contributed by atoms with Gasteiger partial charge in [-0.25, -0.2) is 19.6 Å². The van der Waals surface area contributed by atoms with Gasteiger partial charge in [0.2, 0.25) is 0 Å². The van der Waals surface area contributed by atoms with E-state index < -0.39 is 8.32 Å². The highest BCUT2D eigenvalue weighted by atomic mass is 28.4. The molecule has 4 rings (SSSR count). The van der Waals surface area contributed by atoms with Crippen molar-refractivity contribution in [3.63, 3.8) is 0 Å². The van der Waals surface area contributed by atoms with Gasteiger partial charge in [0, 0.05) is 23.2 Å². The van der Waals surface area contributed by atoms with Crippen molar-refractivity contribution in [1.82, 2.24) is 24.7 Å². The van der Waals surface area contributed by atoms with E-state index in [-0.39, 0.29) is 11.1 Å². The molecule has 0 aliphatic carbocycles. The molecule has 1 aromatic carbocycles. The minimum atomic E-state index is -1.86. The van der Waals surface area contributed by atoms with Crippen LogP contribution in [0.5, 0.6) is 0 Å². The van der Waals surface area contributed by atoms with E-state index in [2.05, 4.69) is 56.9 Å². The van der Waals surface area contributed by atoms with Crippen LogP contribution in [0, 0.1) is 0 Å². The van der Waals surface area contributed by atoms with Crippen LogP contribution in [0.3, 0.4) is 0 Å². The third-order valence-electron chi connectivity index (χ3n) is 6.88. The number of benzene rings is 1. The van der Waals surface area contributed by atoms with E-state index in [4.69, 9.17) is 20.1 Å². The van der Waals surface area contributed by atoms with Crippen LogP contribution in [0.15, 0.2) is 54.9 Å². The van der Waals surface area contributed by atoms with Gasteiger partial charge in [0.1, 0.15) is 0 Å². The van der Waals surface area contributed by atoms with E-state index in [1.54, 1.807) is 6.20 Å². The minimum absolute atomic E-state index is 0.0866. The second-order valence-corrected chi connectivity index (χ2v) is 15.4. The van der Waals surface area contributed by atoms with Gasteiger partial charge in [-0.05, 0) is 48.8 Å². The fraction of sp³-hybridized carbons (Fsp3) is 0.407. The standard InChI is InChI=1S/C27H36N6OSi/c1-7-9-22(28)23-14-15-29-26(32-23)19-12-13-20-17-30-33(24(20)16-19)25-11-8-10-21(31-25)18-34-35(5,6)27(2,3)4/h8,10-17,22H,7,9,18,28H2,1-6H3/t22-/m0/s1. The van der Waals surface area contributed by atoms with Crippen LogP contribution in [0.1, 0.15) is 58.0 Å². The second-order valence-electron chi connectivity index (χ2n) is 10.6. The first-order valence-electron chi connectivity index (χ1n) is 12.3. The third kappa shape index (κ3) is 5.50. The van der Waals surface area contributed by atoms with E-state index in [1.807, 2.05) is 47.3 Å². The van der Waals surface area contributed by atoms with Crippen LogP contribution in [-0.4, -0.2) is 33.0 Å². The largest absolute Gasteiger partial charge is 0.411 e. The van der Waals surface area contributed by atoms with Gasteiger partial charge in [0.15, 0.2) is 20.0 Å². The molecule has 4 aromatic rings. The van der Waals surface area contributed by atoms with E-state index >= 15 is 0 Å². The van der Waals surface area contributed by atoms with Crippen LogP contribution >= 0.6 is 0 Å². The van der Waals surface area contributed by atoms with Gasteiger partial charge in [0.05, 0.1) is 29.7 Å². The Balaban J connectivity index is 1.64. The van der Waals surface area contributed by atoms with E-state index in [0.717, 1.165) is 46.5 Å². The number of hydrogen-bond donors (Lipinski definition) is 1. The Bertz CT molecular complexity index is 1310. The van der Waals surface area contributed by atoms with Crippen LogP contribution < -0.4 is 5.73 Å². The number of rotatable bonds is 8. The molecule has 0 fully saturated rings. The summed E-state index contributed by atoms with van der Waals surface area (Å²) in [6, 6.07) is 13.9. The highest BCUT2D eigenvalue weighted by molar-refractivity contribution is 6.74. The normalized spacial score (nSPS) is 13.3. The second kappa shape index (κ2) is 9.97. The van der Waals surface area contributed by atoms with Crippen LogP contribution in [0.4, 0.5) is 0 Å². The van der Waals surface area contributed by atoms with Crippen LogP contribution in [0.2, 0.25) is 18.1 Å². The van der Waals surface area contributed by atoms with Crippen molar-refractivity contribution in [3.05, 3.63) is 66.2 Å². The summed E-state index contributed by atoms with van der Waals surface area (Å²) in [6.45, 7) is 13.9. The highest BCUT2D eigenvalue weighted by Crippen LogP contribution is 2.37. The summed E-state index contributed by atoms with van der Waals surface area (Å²) >= 11 is 0. The van der Waals surface area contributed by atoms with Crippen molar-refractivity contribution < 1.29 is 4.43 Å². The lowest BCUT2D eigenvalue weighted by Gasteiger charge is -2.36. The monoisotopic (exact) mass is 488 g/mol. The van der Waals surface area contributed by atoms with Gasteiger partial charge < -0.3 is 10.2 Å². The number of nitrogens with zero attached hydrogens (tertiary/aromatic N) is 5. The van der Waals surface area contributed by atoms with Crippen molar-refractivity contribution >= 4 is 19.2 Å². The van der Waals surface area contributed by atoms with Crippen molar-refractivity contribution in [2.45, 2.75) is 71.3 Å². The predicted molar refractivity (Wildman–Crippen MR) is 144 cm³/mol. The lowest BCUT2D eigenvalue weighted by molar-refractivity contribution is 0.272. The van der Waals surface area contributed by atoms with Gasteiger partial charge in [-0.2, -0.15) is 5.10 Å². The average molecular weight is 489 g/mol. The van der Waals surface area contributed by atoms with Gasteiger partial charge in [-0.3, -0.25) is 0 Å². The van der Waals surface area contributed by atoms with Crippen LogP contribution in [0.25, 0.3) is 28.1 Å². The molecule has 0 radical (unpaired) electrons. The number of aromatic nitrogens is 5. The zero-order valence-corrected chi connectivity index (χ0v) is 22.6. The van der Waals surface area contributed by atoms with Crippen molar-refractivity contribution in [1.29, 1.82) is 0 Å².